The Morgan fingerprint density at radius 1 is 1.33 bits per heavy atom. The number of likely N-dealkylation sites (tertiary alicyclic amines) is 2. The van der Waals surface area contributed by atoms with Gasteiger partial charge in [-0.3, -0.25) is 4.90 Å². The first-order chi connectivity index (χ1) is 11.3. The molecule has 0 unspecified atom stereocenters. The summed E-state index contributed by atoms with van der Waals surface area (Å²) in [6.07, 6.45) is 5.67. The van der Waals surface area contributed by atoms with Crippen LogP contribution in [0.5, 0.6) is 0 Å². The third kappa shape index (κ3) is 4.16. The summed E-state index contributed by atoms with van der Waals surface area (Å²) in [5.41, 5.74) is 0.598. The average molecular weight is 353 g/mol. The summed E-state index contributed by atoms with van der Waals surface area (Å²) in [6, 6.07) is 0.377. The number of carbonyl (C=O) groups is 1. The van der Waals surface area contributed by atoms with E-state index in [1.165, 1.54) is 0 Å². The van der Waals surface area contributed by atoms with Gasteiger partial charge in [-0.2, -0.15) is 0 Å². The average Bonchev–Trinajstić information content (AvgIpc) is 2.93. The molecule has 0 bridgehead atoms. The second-order valence-electron chi connectivity index (χ2n) is 7.69. The SMILES string of the molecule is CC(C)(C)OC(=O)N1C[C@H]2CCCN(Cc3cnc(Cl)nc3)[C@H]2C1. The summed E-state index contributed by atoms with van der Waals surface area (Å²) in [5, 5.41) is 0.271. The van der Waals surface area contributed by atoms with Crippen LogP contribution in [0.3, 0.4) is 0 Å². The van der Waals surface area contributed by atoms with Crippen molar-refractivity contribution in [2.45, 2.75) is 51.8 Å². The lowest BCUT2D eigenvalue weighted by Gasteiger charge is -2.36. The summed E-state index contributed by atoms with van der Waals surface area (Å²) in [5.74, 6) is 0.513. The van der Waals surface area contributed by atoms with Crippen molar-refractivity contribution in [2.24, 2.45) is 5.92 Å². The minimum absolute atomic E-state index is 0.202. The fourth-order valence-corrected chi connectivity index (χ4v) is 3.70. The van der Waals surface area contributed by atoms with Crippen molar-refractivity contribution in [3.63, 3.8) is 0 Å². The van der Waals surface area contributed by atoms with Crippen LogP contribution < -0.4 is 0 Å². The van der Waals surface area contributed by atoms with Crippen molar-refractivity contribution in [3.05, 3.63) is 23.2 Å². The van der Waals surface area contributed by atoms with E-state index in [0.717, 1.165) is 44.6 Å². The topological polar surface area (TPSA) is 58.6 Å². The highest BCUT2D eigenvalue weighted by molar-refractivity contribution is 6.28. The number of hydrogen-bond acceptors (Lipinski definition) is 5. The summed E-state index contributed by atoms with van der Waals surface area (Å²) < 4.78 is 5.53. The maximum Gasteiger partial charge on any atom is 0.410 e. The Morgan fingerprint density at radius 2 is 2.04 bits per heavy atom. The Morgan fingerprint density at radius 3 is 2.71 bits per heavy atom. The van der Waals surface area contributed by atoms with Crippen molar-refractivity contribution in [3.8, 4) is 0 Å². The molecular weight excluding hydrogens is 328 g/mol. The van der Waals surface area contributed by atoms with Gasteiger partial charge in [0.25, 0.3) is 0 Å². The number of amides is 1. The predicted octanol–water partition coefficient (Wildman–Crippen LogP) is 2.96. The van der Waals surface area contributed by atoms with Crippen LogP contribution in [0.1, 0.15) is 39.2 Å². The smallest absolute Gasteiger partial charge is 0.410 e. The standard InChI is InChI=1S/C17H25ClN4O2/c1-17(2,3)24-16(23)22-10-13-5-4-6-21(14(13)11-22)9-12-7-19-15(18)20-8-12/h7-8,13-14H,4-6,9-11H2,1-3H3/t13-,14+/m1/s1. The Bertz CT molecular complexity index is 587. The molecular formula is C17H25ClN4O2. The molecule has 3 heterocycles. The number of carbonyl (C=O) groups excluding carboxylic acids is 1. The van der Waals surface area contributed by atoms with Gasteiger partial charge in [0.05, 0.1) is 0 Å². The number of hydrogen-bond donors (Lipinski definition) is 0. The van der Waals surface area contributed by atoms with Gasteiger partial charge in [0.1, 0.15) is 5.60 Å². The molecule has 7 heteroatoms. The molecule has 1 aromatic rings. The molecule has 24 heavy (non-hydrogen) atoms. The van der Waals surface area contributed by atoms with E-state index in [2.05, 4.69) is 14.9 Å². The number of piperidine rings is 1. The van der Waals surface area contributed by atoms with E-state index in [9.17, 15) is 4.79 Å². The normalized spacial score (nSPS) is 24.8. The summed E-state index contributed by atoms with van der Waals surface area (Å²) in [4.78, 5) is 24.8. The molecule has 1 amide bonds. The lowest BCUT2D eigenvalue weighted by atomic mass is 9.92. The lowest BCUT2D eigenvalue weighted by Crippen LogP contribution is -2.45. The first kappa shape index (κ1) is 17.4. The molecule has 2 saturated heterocycles. The van der Waals surface area contributed by atoms with Gasteiger partial charge in [-0.15, -0.1) is 0 Å². The highest BCUT2D eigenvalue weighted by Gasteiger charge is 2.41. The van der Waals surface area contributed by atoms with E-state index < -0.39 is 5.60 Å². The van der Waals surface area contributed by atoms with Gasteiger partial charge in [0.2, 0.25) is 5.28 Å². The number of ether oxygens (including phenoxy) is 1. The van der Waals surface area contributed by atoms with E-state index >= 15 is 0 Å². The Kier molecular flexibility index (Phi) is 4.97. The van der Waals surface area contributed by atoms with Crippen LogP contribution in [0.15, 0.2) is 12.4 Å². The van der Waals surface area contributed by atoms with Crippen LogP contribution in [0.2, 0.25) is 5.28 Å². The second kappa shape index (κ2) is 6.84. The fourth-order valence-electron chi connectivity index (χ4n) is 3.60. The van der Waals surface area contributed by atoms with Crippen LogP contribution in [0.25, 0.3) is 0 Å². The van der Waals surface area contributed by atoms with E-state index in [4.69, 9.17) is 16.3 Å². The number of halogens is 1. The van der Waals surface area contributed by atoms with Crippen LogP contribution in [-0.4, -0.2) is 57.1 Å². The monoisotopic (exact) mass is 352 g/mol. The van der Waals surface area contributed by atoms with Gasteiger partial charge in [0, 0.05) is 43.6 Å². The largest absolute Gasteiger partial charge is 0.444 e. The number of rotatable bonds is 2. The lowest BCUT2D eigenvalue weighted by molar-refractivity contribution is 0.0279. The highest BCUT2D eigenvalue weighted by Crippen LogP contribution is 2.32. The Labute approximate surface area is 148 Å². The molecule has 0 spiro atoms. The molecule has 0 saturated carbocycles. The maximum atomic E-state index is 12.4. The minimum Gasteiger partial charge on any atom is -0.444 e. The van der Waals surface area contributed by atoms with Crippen molar-refractivity contribution in [1.82, 2.24) is 19.8 Å². The molecule has 2 atom stereocenters. The first-order valence-corrected chi connectivity index (χ1v) is 8.88. The Hall–Kier alpha value is -1.40. The summed E-state index contributed by atoms with van der Waals surface area (Å²) >= 11 is 5.76. The Balaban J connectivity index is 1.64. The number of fused-ring (bicyclic) bond motifs is 1. The van der Waals surface area contributed by atoms with Gasteiger partial charge in [-0.1, -0.05) is 0 Å². The molecule has 0 aromatic carbocycles. The minimum atomic E-state index is -0.453. The maximum absolute atomic E-state index is 12.4. The van der Waals surface area contributed by atoms with Gasteiger partial charge in [0.15, 0.2) is 0 Å². The molecule has 0 aliphatic carbocycles. The van der Waals surface area contributed by atoms with Gasteiger partial charge >= 0.3 is 6.09 Å². The zero-order chi connectivity index (χ0) is 17.3. The van der Waals surface area contributed by atoms with Crippen LogP contribution in [0, 0.1) is 5.92 Å². The fraction of sp³-hybridized carbons (Fsp3) is 0.706. The van der Waals surface area contributed by atoms with Crippen LogP contribution in [0.4, 0.5) is 4.79 Å². The molecule has 1 aromatic heterocycles. The van der Waals surface area contributed by atoms with Gasteiger partial charge < -0.3 is 9.64 Å². The van der Waals surface area contributed by atoms with Crippen molar-refractivity contribution in [2.75, 3.05) is 19.6 Å². The van der Waals surface area contributed by atoms with Crippen LogP contribution >= 0.6 is 11.6 Å². The van der Waals surface area contributed by atoms with E-state index in [1.54, 1.807) is 12.4 Å². The van der Waals surface area contributed by atoms with Gasteiger partial charge in [-0.05, 0) is 57.7 Å². The van der Waals surface area contributed by atoms with Gasteiger partial charge in [-0.25, -0.2) is 14.8 Å². The molecule has 0 radical (unpaired) electrons. The highest BCUT2D eigenvalue weighted by atomic mass is 35.5. The predicted molar refractivity (Wildman–Crippen MR) is 91.8 cm³/mol. The molecule has 3 rings (SSSR count). The first-order valence-electron chi connectivity index (χ1n) is 8.50. The number of nitrogens with zero attached hydrogens (tertiary/aromatic N) is 4. The molecule has 132 valence electrons. The number of aromatic nitrogens is 2. The van der Waals surface area contributed by atoms with E-state index in [1.807, 2.05) is 25.7 Å². The summed E-state index contributed by atoms with van der Waals surface area (Å²) in [6.45, 7) is 9.05. The zero-order valence-corrected chi connectivity index (χ0v) is 15.3. The quantitative estimate of drug-likeness (QED) is 0.766. The van der Waals surface area contributed by atoms with Crippen molar-refractivity contribution >= 4 is 17.7 Å². The van der Waals surface area contributed by atoms with E-state index in [0.29, 0.717) is 12.0 Å². The molecule has 2 fully saturated rings. The molecule has 2 aliphatic heterocycles. The molecule has 6 nitrogen and oxygen atoms in total. The molecule has 2 aliphatic rings. The third-order valence-electron chi connectivity index (χ3n) is 4.61. The second-order valence-corrected chi connectivity index (χ2v) is 8.02. The summed E-state index contributed by atoms with van der Waals surface area (Å²) in [7, 11) is 0. The molecule has 0 N–H and O–H groups in total. The van der Waals surface area contributed by atoms with Crippen molar-refractivity contribution < 1.29 is 9.53 Å². The zero-order valence-electron chi connectivity index (χ0n) is 14.5. The van der Waals surface area contributed by atoms with E-state index in [-0.39, 0.29) is 11.4 Å². The van der Waals surface area contributed by atoms with Crippen molar-refractivity contribution in [1.29, 1.82) is 0 Å². The third-order valence-corrected chi connectivity index (χ3v) is 4.80. The van der Waals surface area contributed by atoms with Crippen LogP contribution in [-0.2, 0) is 11.3 Å².